The monoisotopic (exact) mass is 343 g/mol. The summed E-state index contributed by atoms with van der Waals surface area (Å²) < 4.78 is 0. The molecule has 136 valence electrons. The highest BCUT2D eigenvalue weighted by molar-refractivity contribution is 5.79. The van der Waals surface area contributed by atoms with E-state index in [0.29, 0.717) is 31.3 Å². The van der Waals surface area contributed by atoms with Crippen molar-refractivity contribution in [3.05, 3.63) is 29.6 Å². The molecule has 2 saturated carbocycles. The second-order valence-corrected chi connectivity index (χ2v) is 7.89. The standard InChI is InChI=1S/C20H29N3O2/c1-15-5-4-10-21-17(15)13-18(24)22(2)11-12-23(3)19(25)14-20(8-9-20)16-6-7-16/h4-5,10,16H,6-9,11-14H2,1-3H3. The Labute approximate surface area is 150 Å². The highest BCUT2D eigenvalue weighted by Crippen LogP contribution is 2.63. The van der Waals surface area contributed by atoms with Crippen LogP contribution in [0.25, 0.3) is 0 Å². The van der Waals surface area contributed by atoms with Gasteiger partial charge >= 0.3 is 0 Å². The van der Waals surface area contributed by atoms with Crippen LogP contribution < -0.4 is 0 Å². The van der Waals surface area contributed by atoms with Crippen LogP contribution in [-0.2, 0) is 16.0 Å². The largest absolute Gasteiger partial charge is 0.344 e. The van der Waals surface area contributed by atoms with Crippen molar-refractivity contribution < 1.29 is 9.59 Å². The maximum atomic E-state index is 12.5. The van der Waals surface area contributed by atoms with Gasteiger partial charge in [0, 0.05) is 39.8 Å². The van der Waals surface area contributed by atoms with Gasteiger partial charge in [-0.05, 0) is 55.6 Å². The first-order chi connectivity index (χ1) is 11.9. The fourth-order valence-corrected chi connectivity index (χ4v) is 3.55. The molecule has 3 rings (SSSR count). The van der Waals surface area contributed by atoms with Gasteiger partial charge in [-0.3, -0.25) is 14.6 Å². The molecular formula is C20H29N3O2. The summed E-state index contributed by atoms with van der Waals surface area (Å²) >= 11 is 0. The average molecular weight is 343 g/mol. The molecular weight excluding hydrogens is 314 g/mol. The zero-order valence-corrected chi connectivity index (χ0v) is 15.6. The number of hydrogen-bond donors (Lipinski definition) is 0. The fourth-order valence-electron chi connectivity index (χ4n) is 3.55. The normalized spacial score (nSPS) is 17.9. The van der Waals surface area contributed by atoms with E-state index in [2.05, 4.69) is 4.98 Å². The number of likely N-dealkylation sites (N-methyl/N-ethyl adjacent to an activating group) is 2. The first kappa shape index (κ1) is 17.9. The van der Waals surface area contributed by atoms with Crippen LogP contribution in [0.3, 0.4) is 0 Å². The molecule has 0 aliphatic heterocycles. The summed E-state index contributed by atoms with van der Waals surface area (Å²) in [4.78, 5) is 32.6. The zero-order chi connectivity index (χ0) is 18.0. The van der Waals surface area contributed by atoms with Gasteiger partial charge in [-0.2, -0.15) is 0 Å². The molecule has 0 spiro atoms. The zero-order valence-electron chi connectivity index (χ0n) is 15.6. The minimum Gasteiger partial charge on any atom is -0.344 e. The molecule has 25 heavy (non-hydrogen) atoms. The van der Waals surface area contributed by atoms with E-state index in [4.69, 9.17) is 0 Å². The SMILES string of the molecule is Cc1cccnc1CC(=O)N(C)CCN(C)C(=O)CC1(C2CC2)CC1. The van der Waals surface area contributed by atoms with Crippen LogP contribution in [0.15, 0.2) is 18.3 Å². The van der Waals surface area contributed by atoms with E-state index < -0.39 is 0 Å². The number of carbonyl (C=O) groups is 2. The molecule has 1 aromatic rings. The fraction of sp³-hybridized carbons (Fsp3) is 0.650. The molecule has 0 radical (unpaired) electrons. The molecule has 2 aliphatic rings. The summed E-state index contributed by atoms with van der Waals surface area (Å²) in [6.07, 6.45) is 7.78. The number of rotatable bonds is 8. The van der Waals surface area contributed by atoms with Crippen molar-refractivity contribution >= 4 is 11.8 Å². The maximum absolute atomic E-state index is 12.5. The van der Waals surface area contributed by atoms with Crippen molar-refractivity contribution in [2.75, 3.05) is 27.2 Å². The van der Waals surface area contributed by atoms with Gasteiger partial charge < -0.3 is 9.80 Å². The first-order valence-electron chi connectivity index (χ1n) is 9.30. The number of aromatic nitrogens is 1. The molecule has 2 fully saturated rings. The van der Waals surface area contributed by atoms with E-state index in [0.717, 1.165) is 17.2 Å². The molecule has 0 aromatic carbocycles. The third-order valence-electron chi connectivity index (χ3n) is 5.90. The molecule has 0 N–H and O–H groups in total. The summed E-state index contributed by atoms with van der Waals surface area (Å²) in [6.45, 7) is 3.11. The summed E-state index contributed by atoms with van der Waals surface area (Å²) in [6, 6.07) is 3.84. The molecule has 5 heteroatoms. The Hall–Kier alpha value is -1.91. The molecule has 0 saturated heterocycles. The third kappa shape index (κ3) is 4.39. The summed E-state index contributed by atoms with van der Waals surface area (Å²) in [5.74, 6) is 1.07. The Morgan fingerprint density at radius 1 is 1.16 bits per heavy atom. The van der Waals surface area contributed by atoms with Crippen LogP contribution >= 0.6 is 0 Å². The van der Waals surface area contributed by atoms with E-state index in [1.54, 1.807) is 23.0 Å². The smallest absolute Gasteiger partial charge is 0.228 e. The number of amides is 2. The predicted molar refractivity (Wildman–Crippen MR) is 97.0 cm³/mol. The van der Waals surface area contributed by atoms with Crippen molar-refractivity contribution in [2.45, 2.75) is 45.4 Å². The van der Waals surface area contributed by atoms with E-state index in [1.165, 1.54) is 25.7 Å². The second kappa shape index (κ2) is 7.14. The lowest BCUT2D eigenvalue weighted by molar-refractivity contribution is -0.134. The molecule has 0 bridgehead atoms. The van der Waals surface area contributed by atoms with Crippen LogP contribution in [0.1, 0.15) is 43.4 Å². The Bertz CT molecular complexity index is 650. The Morgan fingerprint density at radius 3 is 2.36 bits per heavy atom. The van der Waals surface area contributed by atoms with Crippen LogP contribution in [0.5, 0.6) is 0 Å². The quantitative estimate of drug-likeness (QED) is 0.728. The van der Waals surface area contributed by atoms with Gasteiger partial charge in [-0.15, -0.1) is 0 Å². The Morgan fingerprint density at radius 2 is 1.80 bits per heavy atom. The summed E-state index contributed by atoms with van der Waals surface area (Å²) in [5, 5.41) is 0. The van der Waals surface area contributed by atoms with Crippen LogP contribution in [0, 0.1) is 18.3 Å². The average Bonchev–Trinajstić information content (AvgIpc) is 3.47. The Kier molecular flexibility index (Phi) is 5.11. The van der Waals surface area contributed by atoms with Gasteiger partial charge in [0.25, 0.3) is 0 Å². The van der Waals surface area contributed by atoms with Gasteiger partial charge in [0.2, 0.25) is 11.8 Å². The predicted octanol–water partition coefficient (Wildman–Crippen LogP) is 2.43. The van der Waals surface area contributed by atoms with Crippen molar-refractivity contribution in [1.29, 1.82) is 0 Å². The van der Waals surface area contributed by atoms with Gasteiger partial charge in [-0.1, -0.05) is 6.07 Å². The number of pyridine rings is 1. The highest BCUT2D eigenvalue weighted by Gasteiger charge is 2.54. The third-order valence-corrected chi connectivity index (χ3v) is 5.90. The van der Waals surface area contributed by atoms with Gasteiger partial charge in [0.05, 0.1) is 12.1 Å². The number of nitrogens with zero attached hydrogens (tertiary/aromatic N) is 3. The maximum Gasteiger partial charge on any atom is 0.228 e. The van der Waals surface area contributed by atoms with Crippen molar-refractivity contribution in [3.8, 4) is 0 Å². The van der Waals surface area contributed by atoms with E-state index in [1.807, 2.05) is 26.1 Å². The minimum absolute atomic E-state index is 0.0410. The highest BCUT2D eigenvalue weighted by atomic mass is 16.2. The summed E-state index contributed by atoms with van der Waals surface area (Å²) in [7, 11) is 3.65. The molecule has 2 amide bonds. The molecule has 0 unspecified atom stereocenters. The number of aryl methyl sites for hydroxylation is 1. The van der Waals surface area contributed by atoms with Gasteiger partial charge in [0.15, 0.2) is 0 Å². The summed E-state index contributed by atoms with van der Waals surface area (Å²) in [5.41, 5.74) is 2.19. The molecule has 5 nitrogen and oxygen atoms in total. The van der Waals surface area contributed by atoms with Crippen LogP contribution in [0.4, 0.5) is 0 Å². The number of carbonyl (C=O) groups excluding carboxylic acids is 2. The molecule has 0 atom stereocenters. The topological polar surface area (TPSA) is 53.5 Å². The molecule has 2 aliphatic carbocycles. The second-order valence-electron chi connectivity index (χ2n) is 7.89. The number of hydrogen-bond acceptors (Lipinski definition) is 3. The minimum atomic E-state index is 0.0410. The van der Waals surface area contributed by atoms with E-state index in [-0.39, 0.29) is 11.8 Å². The molecule has 1 aromatic heterocycles. The molecule has 1 heterocycles. The van der Waals surface area contributed by atoms with Crippen molar-refractivity contribution in [1.82, 2.24) is 14.8 Å². The van der Waals surface area contributed by atoms with Gasteiger partial charge in [-0.25, -0.2) is 0 Å². The van der Waals surface area contributed by atoms with E-state index >= 15 is 0 Å². The Balaban J connectivity index is 1.43. The van der Waals surface area contributed by atoms with Crippen LogP contribution in [-0.4, -0.2) is 53.8 Å². The van der Waals surface area contributed by atoms with Crippen molar-refractivity contribution in [2.24, 2.45) is 11.3 Å². The van der Waals surface area contributed by atoms with Crippen LogP contribution in [0.2, 0.25) is 0 Å². The first-order valence-corrected chi connectivity index (χ1v) is 9.30. The van der Waals surface area contributed by atoms with Crippen molar-refractivity contribution in [3.63, 3.8) is 0 Å². The lowest BCUT2D eigenvalue weighted by atomic mass is 9.95. The van der Waals surface area contributed by atoms with Gasteiger partial charge in [0.1, 0.15) is 0 Å². The lowest BCUT2D eigenvalue weighted by Gasteiger charge is -2.24. The van der Waals surface area contributed by atoms with E-state index in [9.17, 15) is 9.59 Å². The lowest BCUT2D eigenvalue weighted by Crippen LogP contribution is -2.38.